The predicted octanol–water partition coefficient (Wildman–Crippen LogP) is 1.62. The summed E-state index contributed by atoms with van der Waals surface area (Å²) in [5.74, 6) is -0.0142. The van der Waals surface area contributed by atoms with Gasteiger partial charge < -0.3 is 10.2 Å². The molecule has 3 rings (SSSR count). The van der Waals surface area contributed by atoms with Crippen LogP contribution in [0.3, 0.4) is 0 Å². The summed E-state index contributed by atoms with van der Waals surface area (Å²) in [5, 5.41) is 2.73. The Morgan fingerprint density at radius 1 is 1.39 bits per heavy atom. The van der Waals surface area contributed by atoms with Crippen molar-refractivity contribution in [3.05, 3.63) is 28.2 Å². The highest BCUT2D eigenvalue weighted by Gasteiger charge is 2.34. The fraction of sp³-hybridized carbons (Fsp3) is 0.385. The van der Waals surface area contributed by atoms with Crippen molar-refractivity contribution in [1.29, 1.82) is 0 Å². The lowest BCUT2D eigenvalue weighted by molar-refractivity contribution is -0.124. The van der Waals surface area contributed by atoms with Crippen molar-refractivity contribution in [1.82, 2.24) is 5.32 Å². The van der Waals surface area contributed by atoms with Crippen LogP contribution in [0.25, 0.3) is 0 Å². The summed E-state index contributed by atoms with van der Waals surface area (Å²) < 4.78 is 0.969. The van der Waals surface area contributed by atoms with Crippen LogP contribution in [0.1, 0.15) is 18.4 Å². The number of carbonyl (C=O) groups excluding carboxylic acids is 2. The third-order valence-electron chi connectivity index (χ3n) is 3.50. The summed E-state index contributed by atoms with van der Waals surface area (Å²) in [4.78, 5) is 25.3. The third-order valence-corrected chi connectivity index (χ3v) is 4.00. The van der Waals surface area contributed by atoms with Gasteiger partial charge >= 0.3 is 0 Å². The molecule has 1 fully saturated rings. The maximum Gasteiger partial charge on any atom is 0.249 e. The fourth-order valence-electron chi connectivity index (χ4n) is 2.57. The standard InChI is InChI=1S/C13H13BrN2O2/c14-9-2-1-8-5-6-16(11(8)7-9)13(18)10-3-4-12(17)15-10/h1-2,7,10H,3-6H2,(H,15,17). The Bertz CT molecular complexity index is 530. The van der Waals surface area contributed by atoms with Gasteiger partial charge in [-0.2, -0.15) is 0 Å². The molecule has 1 aromatic rings. The van der Waals surface area contributed by atoms with Crippen LogP contribution in [-0.4, -0.2) is 24.4 Å². The van der Waals surface area contributed by atoms with Crippen molar-refractivity contribution in [2.75, 3.05) is 11.4 Å². The van der Waals surface area contributed by atoms with Crippen molar-refractivity contribution >= 4 is 33.4 Å². The van der Waals surface area contributed by atoms with E-state index in [1.807, 2.05) is 18.2 Å². The van der Waals surface area contributed by atoms with Crippen molar-refractivity contribution in [3.63, 3.8) is 0 Å². The minimum atomic E-state index is -0.345. The molecule has 0 bridgehead atoms. The molecular weight excluding hydrogens is 296 g/mol. The molecule has 94 valence electrons. The predicted molar refractivity (Wildman–Crippen MR) is 71.4 cm³/mol. The number of amides is 2. The number of hydrogen-bond donors (Lipinski definition) is 1. The van der Waals surface area contributed by atoms with Gasteiger partial charge in [0.05, 0.1) is 0 Å². The number of nitrogens with one attached hydrogen (secondary N) is 1. The van der Waals surface area contributed by atoms with E-state index in [1.165, 1.54) is 5.56 Å². The average molecular weight is 309 g/mol. The van der Waals surface area contributed by atoms with Gasteiger partial charge in [0.15, 0.2) is 0 Å². The van der Waals surface area contributed by atoms with Crippen molar-refractivity contribution in [3.8, 4) is 0 Å². The first-order chi connectivity index (χ1) is 8.65. The van der Waals surface area contributed by atoms with Gasteiger partial charge in [0, 0.05) is 23.1 Å². The zero-order valence-electron chi connectivity index (χ0n) is 9.78. The zero-order chi connectivity index (χ0) is 12.7. The van der Waals surface area contributed by atoms with Crippen LogP contribution in [0, 0.1) is 0 Å². The van der Waals surface area contributed by atoms with Crippen molar-refractivity contribution in [2.45, 2.75) is 25.3 Å². The van der Waals surface area contributed by atoms with E-state index in [1.54, 1.807) is 4.90 Å². The minimum Gasteiger partial charge on any atom is -0.344 e. The molecule has 1 atom stereocenters. The number of carbonyl (C=O) groups is 2. The molecule has 5 heteroatoms. The lowest BCUT2D eigenvalue weighted by atomic mass is 10.1. The molecule has 1 N–H and O–H groups in total. The van der Waals surface area contributed by atoms with Gasteiger partial charge in [0.25, 0.3) is 0 Å². The number of anilines is 1. The smallest absolute Gasteiger partial charge is 0.249 e. The SMILES string of the molecule is O=C1CCC(C(=O)N2CCc3ccc(Br)cc32)N1. The molecule has 0 radical (unpaired) electrons. The lowest BCUT2D eigenvalue weighted by Crippen LogP contribution is -2.43. The molecule has 18 heavy (non-hydrogen) atoms. The number of hydrogen-bond acceptors (Lipinski definition) is 2. The minimum absolute atomic E-state index is 0.0118. The Hall–Kier alpha value is -1.36. The zero-order valence-corrected chi connectivity index (χ0v) is 11.4. The third kappa shape index (κ3) is 1.92. The molecule has 0 saturated carbocycles. The molecule has 0 spiro atoms. The average Bonchev–Trinajstić information content (AvgIpc) is 2.94. The number of fused-ring (bicyclic) bond motifs is 1. The van der Waals surface area contributed by atoms with Crippen LogP contribution < -0.4 is 10.2 Å². The van der Waals surface area contributed by atoms with Gasteiger partial charge in [-0.25, -0.2) is 0 Å². The van der Waals surface area contributed by atoms with E-state index in [9.17, 15) is 9.59 Å². The van der Waals surface area contributed by atoms with E-state index in [-0.39, 0.29) is 17.9 Å². The van der Waals surface area contributed by atoms with Gasteiger partial charge in [-0.3, -0.25) is 9.59 Å². The maximum atomic E-state index is 12.4. The molecule has 4 nitrogen and oxygen atoms in total. The normalized spacial score (nSPS) is 21.9. The van der Waals surface area contributed by atoms with Crippen LogP contribution >= 0.6 is 15.9 Å². The summed E-state index contributed by atoms with van der Waals surface area (Å²) >= 11 is 3.43. The first-order valence-electron chi connectivity index (χ1n) is 6.04. The van der Waals surface area contributed by atoms with Crippen LogP contribution in [-0.2, 0) is 16.0 Å². The largest absolute Gasteiger partial charge is 0.344 e. The number of benzene rings is 1. The summed E-state index contributed by atoms with van der Waals surface area (Å²) in [6.45, 7) is 0.705. The first-order valence-corrected chi connectivity index (χ1v) is 6.83. The van der Waals surface area contributed by atoms with Gasteiger partial charge in [0.2, 0.25) is 11.8 Å². The molecule has 0 aromatic heterocycles. The molecule has 2 aliphatic rings. The lowest BCUT2D eigenvalue weighted by Gasteiger charge is -2.21. The topological polar surface area (TPSA) is 49.4 Å². The second-order valence-electron chi connectivity index (χ2n) is 4.67. The molecule has 1 unspecified atom stereocenters. The van der Waals surface area contributed by atoms with Crippen LogP contribution in [0.2, 0.25) is 0 Å². The summed E-state index contributed by atoms with van der Waals surface area (Å²) in [6.07, 6.45) is 1.95. The molecule has 1 aromatic carbocycles. The highest BCUT2D eigenvalue weighted by atomic mass is 79.9. The van der Waals surface area contributed by atoms with E-state index >= 15 is 0 Å². The van der Waals surface area contributed by atoms with Crippen molar-refractivity contribution in [2.24, 2.45) is 0 Å². The monoisotopic (exact) mass is 308 g/mol. The first kappa shape index (κ1) is 11.7. The van der Waals surface area contributed by atoms with E-state index in [0.29, 0.717) is 19.4 Å². The number of rotatable bonds is 1. The number of halogens is 1. The van der Waals surface area contributed by atoms with E-state index < -0.39 is 0 Å². The van der Waals surface area contributed by atoms with Gasteiger partial charge in [-0.15, -0.1) is 0 Å². The Kier molecular flexibility index (Phi) is 2.86. The highest BCUT2D eigenvalue weighted by molar-refractivity contribution is 9.10. The summed E-state index contributed by atoms with van der Waals surface area (Å²) in [6, 6.07) is 5.66. The fourth-order valence-corrected chi connectivity index (χ4v) is 2.92. The van der Waals surface area contributed by atoms with Gasteiger partial charge in [-0.05, 0) is 30.5 Å². The van der Waals surface area contributed by atoms with Gasteiger partial charge in [0.1, 0.15) is 6.04 Å². The van der Waals surface area contributed by atoms with Crippen LogP contribution in [0.5, 0.6) is 0 Å². The Morgan fingerprint density at radius 2 is 2.22 bits per heavy atom. The van der Waals surface area contributed by atoms with Crippen LogP contribution in [0.15, 0.2) is 22.7 Å². The molecule has 0 aliphatic carbocycles. The quantitative estimate of drug-likeness (QED) is 0.857. The summed E-state index contributed by atoms with van der Waals surface area (Å²) in [5.41, 5.74) is 2.16. The van der Waals surface area contributed by atoms with E-state index in [4.69, 9.17) is 0 Å². The molecule has 2 heterocycles. The Balaban J connectivity index is 1.85. The molecule has 2 amide bonds. The van der Waals surface area contributed by atoms with E-state index in [0.717, 1.165) is 16.6 Å². The highest BCUT2D eigenvalue weighted by Crippen LogP contribution is 2.31. The molecule has 2 aliphatic heterocycles. The van der Waals surface area contributed by atoms with E-state index in [2.05, 4.69) is 21.2 Å². The molecular formula is C13H13BrN2O2. The van der Waals surface area contributed by atoms with Crippen LogP contribution in [0.4, 0.5) is 5.69 Å². The van der Waals surface area contributed by atoms with Gasteiger partial charge in [-0.1, -0.05) is 22.0 Å². The summed E-state index contributed by atoms with van der Waals surface area (Å²) in [7, 11) is 0. The second kappa shape index (κ2) is 4.39. The Labute approximate surface area is 113 Å². The molecule has 1 saturated heterocycles. The Morgan fingerprint density at radius 3 is 2.94 bits per heavy atom. The van der Waals surface area contributed by atoms with Crippen molar-refractivity contribution < 1.29 is 9.59 Å². The maximum absolute atomic E-state index is 12.4. The second-order valence-corrected chi connectivity index (χ2v) is 5.59. The number of nitrogens with zero attached hydrogens (tertiary/aromatic N) is 1.